The van der Waals surface area contributed by atoms with Gasteiger partial charge in [-0.2, -0.15) is 0 Å². The molecule has 0 atom stereocenters. The fourth-order valence-corrected chi connectivity index (χ4v) is 3.40. The third-order valence-corrected chi connectivity index (χ3v) is 4.99. The van der Waals surface area contributed by atoms with Gasteiger partial charge in [-0.1, -0.05) is 48.5 Å². The summed E-state index contributed by atoms with van der Waals surface area (Å²) in [6.07, 6.45) is 3.35. The van der Waals surface area contributed by atoms with Crippen LogP contribution in [0.5, 0.6) is 0 Å². The highest BCUT2D eigenvalue weighted by Gasteiger charge is 2.09. The second kappa shape index (κ2) is 11.0. The van der Waals surface area contributed by atoms with Gasteiger partial charge in [0.2, 0.25) is 5.91 Å². The van der Waals surface area contributed by atoms with Crippen molar-refractivity contribution in [1.29, 1.82) is 0 Å². The fourth-order valence-electron chi connectivity index (χ4n) is 3.40. The van der Waals surface area contributed by atoms with E-state index in [0.29, 0.717) is 19.5 Å². The molecule has 0 fully saturated rings. The van der Waals surface area contributed by atoms with Gasteiger partial charge >= 0.3 is 0 Å². The molecule has 0 bridgehead atoms. The van der Waals surface area contributed by atoms with Crippen LogP contribution in [0.4, 0.5) is 0 Å². The van der Waals surface area contributed by atoms with E-state index in [2.05, 4.69) is 45.0 Å². The molecule has 6 heteroatoms. The number of carbonyl (C=O) groups excluding carboxylic acids is 1. The number of hydrogen-bond acceptors (Lipinski definition) is 2. The van der Waals surface area contributed by atoms with Gasteiger partial charge < -0.3 is 20.5 Å². The number of fused-ring (bicyclic) bond motifs is 1. The van der Waals surface area contributed by atoms with Crippen LogP contribution in [0, 0.1) is 0 Å². The van der Waals surface area contributed by atoms with Crippen LogP contribution in [-0.4, -0.2) is 48.4 Å². The first-order valence-corrected chi connectivity index (χ1v) is 10.5. The summed E-state index contributed by atoms with van der Waals surface area (Å²) in [5, 5.41) is 7.87. The summed E-state index contributed by atoms with van der Waals surface area (Å²) in [7, 11) is 1.84. The molecule has 3 rings (SSSR count). The van der Waals surface area contributed by atoms with Crippen molar-refractivity contribution in [2.45, 2.75) is 26.3 Å². The minimum absolute atomic E-state index is 0.0947. The molecule has 0 spiro atoms. The maximum Gasteiger partial charge on any atom is 0.224 e. The van der Waals surface area contributed by atoms with Crippen LogP contribution >= 0.6 is 0 Å². The Labute approximate surface area is 178 Å². The molecule has 30 heavy (non-hydrogen) atoms. The molecule has 0 saturated heterocycles. The lowest BCUT2D eigenvalue weighted by Crippen LogP contribution is -2.38. The van der Waals surface area contributed by atoms with Crippen LogP contribution in [0.3, 0.4) is 0 Å². The Hall–Kier alpha value is -3.28. The van der Waals surface area contributed by atoms with Crippen molar-refractivity contribution in [2.24, 2.45) is 4.99 Å². The van der Waals surface area contributed by atoms with E-state index < -0.39 is 0 Å². The van der Waals surface area contributed by atoms with Crippen LogP contribution in [0.1, 0.15) is 24.5 Å². The van der Waals surface area contributed by atoms with Crippen LogP contribution in [-0.2, 0) is 17.8 Å². The molecular formula is C24H31N5O. The second-order valence-corrected chi connectivity index (χ2v) is 7.28. The summed E-state index contributed by atoms with van der Waals surface area (Å²) in [6.45, 7) is 4.67. The van der Waals surface area contributed by atoms with Gasteiger partial charge in [-0.3, -0.25) is 9.79 Å². The van der Waals surface area contributed by atoms with Crippen molar-refractivity contribution in [1.82, 2.24) is 20.5 Å². The molecule has 0 saturated carbocycles. The number of benzene rings is 2. The topological polar surface area (TPSA) is 72.5 Å². The van der Waals surface area contributed by atoms with E-state index >= 15 is 0 Å². The highest BCUT2D eigenvalue weighted by molar-refractivity contribution is 5.83. The second-order valence-electron chi connectivity index (χ2n) is 7.28. The van der Waals surface area contributed by atoms with Gasteiger partial charge in [0.05, 0.1) is 6.54 Å². The maximum atomic E-state index is 12.4. The Morgan fingerprint density at radius 3 is 2.63 bits per heavy atom. The summed E-state index contributed by atoms with van der Waals surface area (Å²) < 4.78 is 0. The molecule has 3 aromatic rings. The zero-order valence-electron chi connectivity index (χ0n) is 17.8. The summed E-state index contributed by atoms with van der Waals surface area (Å²) in [6, 6.07) is 18.3. The molecule has 1 aromatic heterocycles. The van der Waals surface area contributed by atoms with Crippen molar-refractivity contribution in [2.75, 3.05) is 26.7 Å². The van der Waals surface area contributed by atoms with E-state index in [1.807, 2.05) is 50.4 Å². The van der Waals surface area contributed by atoms with E-state index in [0.717, 1.165) is 36.6 Å². The zero-order valence-corrected chi connectivity index (χ0v) is 17.8. The summed E-state index contributed by atoms with van der Waals surface area (Å²) in [5.41, 5.74) is 3.57. The summed E-state index contributed by atoms with van der Waals surface area (Å²) in [4.78, 5) is 22.0. The molecule has 0 unspecified atom stereocenters. The van der Waals surface area contributed by atoms with Gasteiger partial charge in [0.15, 0.2) is 5.96 Å². The number of carbonyl (C=O) groups is 1. The lowest BCUT2D eigenvalue weighted by Gasteiger charge is -2.17. The van der Waals surface area contributed by atoms with Crippen LogP contribution in [0.15, 0.2) is 65.8 Å². The predicted molar refractivity (Wildman–Crippen MR) is 124 cm³/mol. The van der Waals surface area contributed by atoms with E-state index in [1.54, 1.807) is 4.90 Å². The molecule has 1 amide bonds. The summed E-state index contributed by atoms with van der Waals surface area (Å²) >= 11 is 0. The number of nitrogens with zero attached hydrogens (tertiary/aromatic N) is 2. The Kier molecular flexibility index (Phi) is 7.89. The molecule has 158 valence electrons. The van der Waals surface area contributed by atoms with Crippen molar-refractivity contribution < 1.29 is 4.79 Å². The Balaban J connectivity index is 1.46. The maximum absolute atomic E-state index is 12.4. The van der Waals surface area contributed by atoms with Gasteiger partial charge in [-0.05, 0) is 30.5 Å². The number of nitrogens with one attached hydrogen (secondary N) is 3. The lowest BCUT2D eigenvalue weighted by atomic mass is 10.1. The molecule has 0 aliphatic carbocycles. The quantitative estimate of drug-likeness (QED) is 0.378. The third kappa shape index (κ3) is 6.11. The monoisotopic (exact) mass is 405 g/mol. The zero-order chi connectivity index (χ0) is 21.2. The number of para-hydroxylation sites is 1. The SMILES string of the molecule is CCNC(=NCCC(=O)N(C)Cc1ccccc1)NCCc1c[nH]c2ccccc12. The van der Waals surface area contributed by atoms with Crippen molar-refractivity contribution in [3.8, 4) is 0 Å². The lowest BCUT2D eigenvalue weighted by molar-refractivity contribution is -0.130. The van der Waals surface area contributed by atoms with E-state index in [9.17, 15) is 4.79 Å². The number of amides is 1. The fraction of sp³-hybridized carbons (Fsp3) is 0.333. The molecule has 0 aliphatic heterocycles. The number of aromatic amines is 1. The first-order chi connectivity index (χ1) is 14.7. The van der Waals surface area contributed by atoms with Crippen LogP contribution in [0.25, 0.3) is 10.9 Å². The normalized spacial score (nSPS) is 11.5. The average Bonchev–Trinajstić information content (AvgIpc) is 3.17. The number of hydrogen-bond donors (Lipinski definition) is 3. The number of guanidine groups is 1. The van der Waals surface area contributed by atoms with Gasteiger partial charge in [0, 0.05) is 50.2 Å². The van der Waals surface area contributed by atoms with Crippen molar-refractivity contribution >= 4 is 22.8 Å². The van der Waals surface area contributed by atoms with Crippen LogP contribution < -0.4 is 10.6 Å². The van der Waals surface area contributed by atoms with Gasteiger partial charge in [0.1, 0.15) is 0 Å². The molecular weight excluding hydrogens is 374 g/mol. The van der Waals surface area contributed by atoms with E-state index in [4.69, 9.17) is 0 Å². The molecule has 0 radical (unpaired) electrons. The smallest absolute Gasteiger partial charge is 0.224 e. The minimum atomic E-state index is 0.0947. The van der Waals surface area contributed by atoms with E-state index in [-0.39, 0.29) is 5.91 Å². The third-order valence-electron chi connectivity index (χ3n) is 4.99. The Morgan fingerprint density at radius 1 is 1.07 bits per heavy atom. The van der Waals surface area contributed by atoms with Crippen molar-refractivity contribution in [3.63, 3.8) is 0 Å². The van der Waals surface area contributed by atoms with Gasteiger partial charge in [-0.15, -0.1) is 0 Å². The first-order valence-electron chi connectivity index (χ1n) is 10.5. The number of aliphatic imine (C=N–C) groups is 1. The molecule has 2 aromatic carbocycles. The number of H-pyrrole nitrogens is 1. The highest BCUT2D eigenvalue weighted by Crippen LogP contribution is 2.17. The first kappa shape index (κ1) is 21.4. The minimum Gasteiger partial charge on any atom is -0.361 e. The Morgan fingerprint density at radius 2 is 1.83 bits per heavy atom. The highest BCUT2D eigenvalue weighted by atomic mass is 16.2. The number of aromatic nitrogens is 1. The average molecular weight is 406 g/mol. The standard InChI is InChI=1S/C24H31N5O/c1-3-25-24(26-15-13-20-17-28-22-12-8-7-11-21(20)22)27-16-14-23(30)29(2)18-19-9-5-4-6-10-19/h4-12,17,28H,3,13-16,18H2,1-2H3,(H2,25,26,27). The largest absolute Gasteiger partial charge is 0.361 e. The summed E-state index contributed by atoms with van der Waals surface area (Å²) in [5.74, 6) is 0.841. The Bertz CT molecular complexity index is 964. The van der Waals surface area contributed by atoms with Crippen molar-refractivity contribution in [3.05, 3.63) is 71.9 Å². The predicted octanol–water partition coefficient (Wildman–Crippen LogP) is 3.31. The van der Waals surface area contributed by atoms with Crippen LogP contribution in [0.2, 0.25) is 0 Å². The number of rotatable bonds is 9. The van der Waals surface area contributed by atoms with E-state index in [1.165, 1.54) is 10.9 Å². The molecule has 0 aliphatic rings. The molecule has 3 N–H and O–H groups in total. The van der Waals surface area contributed by atoms with Gasteiger partial charge in [-0.25, -0.2) is 0 Å². The van der Waals surface area contributed by atoms with Gasteiger partial charge in [0.25, 0.3) is 0 Å². The molecule has 6 nitrogen and oxygen atoms in total. The molecule has 1 heterocycles.